The maximum absolute atomic E-state index is 10.6. The zero-order chi connectivity index (χ0) is 10.4. The predicted octanol–water partition coefficient (Wildman–Crippen LogP) is -0.178. The first-order valence-electron chi connectivity index (χ1n) is 3.79. The molecular weight excluding hydrogens is 194 g/mol. The minimum Gasteiger partial charge on any atom is -0.481 e. The number of aliphatic carboxylic acids is 2. The molecule has 6 heteroatoms. The van der Waals surface area contributed by atoms with Crippen molar-refractivity contribution in [1.29, 1.82) is 0 Å². The van der Waals surface area contributed by atoms with Gasteiger partial charge in [-0.25, -0.2) is 0 Å². The van der Waals surface area contributed by atoms with Gasteiger partial charge in [0, 0.05) is 11.7 Å². The summed E-state index contributed by atoms with van der Waals surface area (Å²) in [6, 6.07) is -0.803. The Morgan fingerprint density at radius 3 is 2.31 bits per heavy atom. The van der Waals surface area contributed by atoms with Crippen LogP contribution in [0.15, 0.2) is 0 Å². The number of carboxylic acid groups (broad SMARTS) is 2. The van der Waals surface area contributed by atoms with E-state index in [0.29, 0.717) is 0 Å². The van der Waals surface area contributed by atoms with Crippen LogP contribution in [0.25, 0.3) is 0 Å². The maximum Gasteiger partial charge on any atom is 0.321 e. The average Bonchev–Trinajstić information content (AvgIpc) is 2.01. The van der Waals surface area contributed by atoms with Crippen molar-refractivity contribution < 1.29 is 19.8 Å². The van der Waals surface area contributed by atoms with Crippen LogP contribution in [0.1, 0.15) is 12.8 Å². The molecule has 0 bridgehead atoms. The molecule has 0 rings (SSSR count). The van der Waals surface area contributed by atoms with Crippen molar-refractivity contribution in [3.8, 4) is 0 Å². The molecule has 5 nitrogen and oxygen atoms in total. The third-order valence-corrected chi connectivity index (χ3v) is 2.17. The van der Waals surface area contributed by atoms with Crippen LogP contribution < -0.4 is 5.32 Å². The van der Waals surface area contributed by atoms with E-state index in [1.807, 2.05) is 0 Å². The number of carbonyl (C=O) groups is 2. The Morgan fingerprint density at radius 1 is 1.46 bits per heavy atom. The summed E-state index contributed by atoms with van der Waals surface area (Å²) < 4.78 is 0. The Morgan fingerprint density at radius 2 is 2.00 bits per heavy atom. The van der Waals surface area contributed by atoms with Crippen molar-refractivity contribution in [2.45, 2.75) is 24.1 Å². The molecule has 0 fully saturated rings. The smallest absolute Gasteiger partial charge is 0.321 e. The molecule has 0 aromatic carbocycles. The van der Waals surface area contributed by atoms with Gasteiger partial charge in [0.25, 0.3) is 0 Å². The number of likely N-dealkylation sites (N-methyl/N-ethyl adjacent to an activating group) is 1. The van der Waals surface area contributed by atoms with Gasteiger partial charge in [0.05, 0.1) is 0 Å². The standard InChI is InChI=1S/C7H13NO4S/c1-8-6(7(11)12)4(13)2-3-5(9)10/h4,6,8,13H,2-3H2,1H3,(H,9,10)(H,11,12). The van der Waals surface area contributed by atoms with Crippen molar-refractivity contribution in [2.75, 3.05) is 7.05 Å². The Kier molecular flexibility index (Phi) is 5.48. The minimum absolute atomic E-state index is 0.0698. The number of carboxylic acids is 2. The Balaban J connectivity index is 3.98. The van der Waals surface area contributed by atoms with E-state index in [2.05, 4.69) is 17.9 Å². The van der Waals surface area contributed by atoms with Crippen LogP contribution in [0.2, 0.25) is 0 Å². The van der Waals surface area contributed by atoms with E-state index in [-0.39, 0.29) is 12.8 Å². The van der Waals surface area contributed by atoms with Crippen LogP contribution >= 0.6 is 12.6 Å². The monoisotopic (exact) mass is 207 g/mol. The molecule has 2 atom stereocenters. The summed E-state index contributed by atoms with van der Waals surface area (Å²) in [5.74, 6) is -1.97. The van der Waals surface area contributed by atoms with Crippen LogP contribution in [-0.2, 0) is 9.59 Å². The fourth-order valence-electron chi connectivity index (χ4n) is 0.918. The predicted molar refractivity (Wildman–Crippen MR) is 50.1 cm³/mol. The molecular formula is C7H13NO4S. The number of hydrogen-bond acceptors (Lipinski definition) is 4. The second kappa shape index (κ2) is 5.82. The fraction of sp³-hybridized carbons (Fsp3) is 0.714. The number of thiol groups is 1. The molecule has 0 aliphatic heterocycles. The number of hydrogen-bond donors (Lipinski definition) is 4. The van der Waals surface area contributed by atoms with Crippen LogP contribution in [-0.4, -0.2) is 40.5 Å². The summed E-state index contributed by atoms with van der Waals surface area (Å²) >= 11 is 4.01. The highest BCUT2D eigenvalue weighted by Crippen LogP contribution is 2.09. The van der Waals surface area contributed by atoms with Crippen molar-refractivity contribution in [1.82, 2.24) is 5.32 Å². The van der Waals surface area contributed by atoms with Gasteiger partial charge in [0.1, 0.15) is 6.04 Å². The summed E-state index contributed by atoms with van der Waals surface area (Å²) in [5.41, 5.74) is 0. The first-order valence-corrected chi connectivity index (χ1v) is 4.30. The molecule has 0 heterocycles. The van der Waals surface area contributed by atoms with Gasteiger partial charge in [0.2, 0.25) is 0 Å². The number of nitrogens with one attached hydrogen (secondary N) is 1. The van der Waals surface area contributed by atoms with Gasteiger partial charge >= 0.3 is 11.9 Å². The van der Waals surface area contributed by atoms with Gasteiger partial charge < -0.3 is 15.5 Å². The molecule has 0 spiro atoms. The van der Waals surface area contributed by atoms with Crippen LogP contribution in [0.5, 0.6) is 0 Å². The second-order valence-electron chi connectivity index (χ2n) is 2.60. The summed E-state index contributed by atoms with van der Waals surface area (Å²) in [5, 5.41) is 19.1. The summed E-state index contributed by atoms with van der Waals surface area (Å²) in [4.78, 5) is 20.7. The molecule has 0 aromatic rings. The quantitative estimate of drug-likeness (QED) is 0.454. The van der Waals surface area contributed by atoms with Gasteiger partial charge in [-0.1, -0.05) is 0 Å². The lowest BCUT2D eigenvalue weighted by Crippen LogP contribution is -2.41. The summed E-state index contributed by atoms with van der Waals surface area (Å²) in [6.45, 7) is 0. The molecule has 0 aromatic heterocycles. The number of rotatable bonds is 6. The fourth-order valence-corrected chi connectivity index (χ4v) is 1.32. The maximum atomic E-state index is 10.6. The summed E-state index contributed by atoms with van der Waals surface area (Å²) in [7, 11) is 1.50. The average molecular weight is 207 g/mol. The lowest BCUT2D eigenvalue weighted by atomic mass is 10.1. The van der Waals surface area contributed by atoms with Gasteiger partial charge in [-0.3, -0.25) is 9.59 Å². The van der Waals surface area contributed by atoms with Crippen molar-refractivity contribution in [2.24, 2.45) is 0 Å². The van der Waals surface area contributed by atoms with Gasteiger partial charge in [-0.05, 0) is 13.5 Å². The van der Waals surface area contributed by atoms with E-state index >= 15 is 0 Å². The molecule has 0 aliphatic rings. The molecule has 2 unspecified atom stereocenters. The van der Waals surface area contributed by atoms with E-state index in [1.54, 1.807) is 0 Å². The SMILES string of the molecule is CNC(C(=O)O)C(S)CCC(=O)O. The second-order valence-corrected chi connectivity index (χ2v) is 3.27. The third-order valence-electron chi connectivity index (χ3n) is 1.62. The van der Waals surface area contributed by atoms with E-state index in [1.165, 1.54) is 7.05 Å². The minimum atomic E-state index is -1.02. The largest absolute Gasteiger partial charge is 0.481 e. The molecule has 0 aliphatic carbocycles. The first-order chi connectivity index (χ1) is 5.99. The molecule has 3 N–H and O–H groups in total. The van der Waals surface area contributed by atoms with Crippen molar-refractivity contribution in [3.05, 3.63) is 0 Å². The van der Waals surface area contributed by atoms with Crippen LogP contribution in [0.3, 0.4) is 0 Å². The topological polar surface area (TPSA) is 86.6 Å². The Hall–Kier alpha value is -0.750. The van der Waals surface area contributed by atoms with Gasteiger partial charge in [-0.15, -0.1) is 0 Å². The van der Waals surface area contributed by atoms with Gasteiger partial charge in [0.15, 0.2) is 0 Å². The highest BCUT2D eigenvalue weighted by Gasteiger charge is 2.23. The van der Waals surface area contributed by atoms with Crippen LogP contribution in [0, 0.1) is 0 Å². The molecule has 0 amide bonds. The lowest BCUT2D eigenvalue weighted by Gasteiger charge is -2.17. The molecule has 0 radical (unpaired) electrons. The molecule has 0 saturated heterocycles. The van der Waals surface area contributed by atoms with Crippen molar-refractivity contribution in [3.63, 3.8) is 0 Å². The third kappa shape index (κ3) is 4.74. The zero-order valence-corrected chi connectivity index (χ0v) is 8.12. The van der Waals surface area contributed by atoms with E-state index in [9.17, 15) is 9.59 Å². The Bertz CT molecular complexity index is 197. The van der Waals surface area contributed by atoms with E-state index in [4.69, 9.17) is 10.2 Å². The van der Waals surface area contributed by atoms with E-state index in [0.717, 1.165) is 0 Å². The normalized spacial score (nSPS) is 14.9. The molecule has 13 heavy (non-hydrogen) atoms. The van der Waals surface area contributed by atoms with Gasteiger partial charge in [-0.2, -0.15) is 12.6 Å². The van der Waals surface area contributed by atoms with Crippen LogP contribution in [0.4, 0.5) is 0 Å². The lowest BCUT2D eigenvalue weighted by molar-refractivity contribution is -0.140. The highest BCUT2D eigenvalue weighted by atomic mass is 32.1. The molecule has 76 valence electrons. The zero-order valence-electron chi connectivity index (χ0n) is 7.23. The highest BCUT2D eigenvalue weighted by molar-refractivity contribution is 7.81. The summed E-state index contributed by atoms with van der Waals surface area (Å²) in [6.07, 6.45) is 0.163. The van der Waals surface area contributed by atoms with Crippen molar-refractivity contribution >= 4 is 24.6 Å². The first kappa shape index (κ1) is 12.2. The Labute approximate surface area is 81.5 Å². The van der Waals surface area contributed by atoms with E-state index < -0.39 is 23.2 Å². The molecule has 0 saturated carbocycles.